The van der Waals surface area contributed by atoms with Crippen LogP contribution in [0.25, 0.3) is 0 Å². The van der Waals surface area contributed by atoms with Crippen molar-refractivity contribution in [3.63, 3.8) is 0 Å². The number of hydrogen-bond acceptors (Lipinski definition) is 2. The summed E-state index contributed by atoms with van der Waals surface area (Å²) in [5.74, 6) is 0.0118. The van der Waals surface area contributed by atoms with Gasteiger partial charge in [-0.1, -0.05) is 12.1 Å². The zero-order chi connectivity index (χ0) is 11.3. The SMILES string of the molecule is CC(=O)NCCNc1cccc(C)c1C. The molecule has 1 amide bonds. The normalized spacial score (nSPS) is 9.80. The highest BCUT2D eigenvalue weighted by molar-refractivity contribution is 5.72. The van der Waals surface area contributed by atoms with Crippen LogP contribution in [-0.2, 0) is 4.79 Å². The van der Waals surface area contributed by atoms with Crippen LogP contribution in [0, 0.1) is 13.8 Å². The minimum absolute atomic E-state index is 0.0118. The first-order valence-corrected chi connectivity index (χ1v) is 5.16. The molecule has 15 heavy (non-hydrogen) atoms. The van der Waals surface area contributed by atoms with Crippen LogP contribution in [0.2, 0.25) is 0 Å². The van der Waals surface area contributed by atoms with Gasteiger partial charge in [-0.25, -0.2) is 0 Å². The highest BCUT2D eigenvalue weighted by atomic mass is 16.1. The van der Waals surface area contributed by atoms with E-state index in [1.54, 1.807) is 0 Å². The van der Waals surface area contributed by atoms with E-state index in [1.807, 2.05) is 6.07 Å². The second kappa shape index (κ2) is 5.39. The predicted octanol–water partition coefficient (Wildman–Crippen LogP) is 1.85. The lowest BCUT2D eigenvalue weighted by atomic mass is 10.1. The Balaban J connectivity index is 2.44. The van der Waals surface area contributed by atoms with Crippen molar-refractivity contribution in [2.75, 3.05) is 18.4 Å². The fraction of sp³-hybridized carbons (Fsp3) is 0.417. The van der Waals surface area contributed by atoms with Gasteiger partial charge in [0.15, 0.2) is 0 Å². The lowest BCUT2D eigenvalue weighted by Crippen LogP contribution is -2.26. The molecule has 0 fully saturated rings. The van der Waals surface area contributed by atoms with Crippen LogP contribution < -0.4 is 10.6 Å². The second-order valence-electron chi connectivity index (χ2n) is 3.66. The molecule has 0 atom stereocenters. The van der Waals surface area contributed by atoms with E-state index in [9.17, 15) is 4.79 Å². The number of carbonyl (C=O) groups excluding carboxylic acids is 1. The number of amides is 1. The van der Waals surface area contributed by atoms with E-state index in [0.29, 0.717) is 6.54 Å². The Morgan fingerprint density at radius 1 is 1.27 bits per heavy atom. The van der Waals surface area contributed by atoms with Crippen LogP contribution in [0.1, 0.15) is 18.1 Å². The quantitative estimate of drug-likeness (QED) is 0.738. The van der Waals surface area contributed by atoms with Gasteiger partial charge < -0.3 is 10.6 Å². The molecule has 2 N–H and O–H groups in total. The molecule has 0 radical (unpaired) electrons. The molecule has 3 nitrogen and oxygen atoms in total. The van der Waals surface area contributed by atoms with E-state index in [2.05, 4.69) is 36.6 Å². The van der Waals surface area contributed by atoms with Gasteiger partial charge in [0, 0.05) is 25.7 Å². The molecule has 1 rings (SSSR count). The molecule has 0 saturated carbocycles. The topological polar surface area (TPSA) is 41.1 Å². The molecular weight excluding hydrogens is 188 g/mol. The lowest BCUT2D eigenvalue weighted by Gasteiger charge is -2.11. The van der Waals surface area contributed by atoms with E-state index in [1.165, 1.54) is 18.1 Å². The van der Waals surface area contributed by atoms with Crippen LogP contribution in [0.3, 0.4) is 0 Å². The van der Waals surface area contributed by atoms with Crippen molar-refractivity contribution in [2.45, 2.75) is 20.8 Å². The van der Waals surface area contributed by atoms with Gasteiger partial charge in [0.1, 0.15) is 0 Å². The third-order valence-corrected chi connectivity index (χ3v) is 2.42. The van der Waals surface area contributed by atoms with Crippen LogP contribution >= 0.6 is 0 Å². The average molecular weight is 206 g/mol. The third-order valence-electron chi connectivity index (χ3n) is 2.42. The summed E-state index contributed by atoms with van der Waals surface area (Å²) in [5.41, 5.74) is 3.68. The molecule has 0 aliphatic heterocycles. The average Bonchev–Trinajstić information content (AvgIpc) is 2.18. The van der Waals surface area contributed by atoms with Gasteiger partial charge in [0.25, 0.3) is 0 Å². The smallest absolute Gasteiger partial charge is 0.216 e. The summed E-state index contributed by atoms with van der Waals surface area (Å²) in [5, 5.41) is 6.04. The molecule has 82 valence electrons. The van der Waals surface area contributed by atoms with Crippen molar-refractivity contribution in [3.8, 4) is 0 Å². The number of aryl methyl sites for hydroxylation is 1. The number of carbonyl (C=O) groups is 1. The Morgan fingerprint density at radius 3 is 2.67 bits per heavy atom. The molecule has 0 unspecified atom stereocenters. The highest BCUT2D eigenvalue weighted by Crippen LogP contribution is 2.17. The van der Waals surface area contributed by atoms with Gasteiger partial charge in [0.2, 0.25) is 5.91 Å². The molecule has 0 aliphatic rings. The minimum atomic E-state index is 0.0118. The first-order chi connectivity index (χ1) is 7.11. The Hall–Kier alpha value is -1.51. The van der Waals surface area contributed by atoms with E-state index in [-0.39, 0.29) is 5.91 Å². The predicted molar refractivity (Wildman–Crippen MR) is 63.1 cm³/mol. The highest BCUT2D eigenvalue weighted by Gasteiger charge is 1.99. The largest absolute Gasteiger partial charge is 0.383 e. The van der Waals surface area contributed by atoms with E-state index in [4.69, 9.17) is 0 Å². The molecule has 0 aliphatic carbocycles. The van der Waals surface area contributed by atoms with Crippen molar-refractivity contribution in [3.05, 3.63) is 29.3 Å². The zero-order valence-electron chi connectivity index (χ0n) is 9.55. The molecule has 0 bridgehead atoms. The van der Waals surface area contributed by atoms with Crippen LogP contribution in [0.5, 0.6) is 0 Å². The summed E-state index contributed by atoms with van der Waals surface area (Å²) in [6, 6.07) is 6.17. The molecule has 0 spiro atoms. The van der Waals surface area contributed by atoms with E-state index >= 15 is 0 Å². The van der Waals surface area contributed by atoms with Gasteiger partial charge in [0.05, 0.1) is 0 Å². The van der Waals surface area contributed by atoms with Crippen molar-refractivity contribution < 1.29 is 4.79 Å². The van der Waals surface area contributed by atoms with Crippen LogP contribution in [0.4, 0.5) is 5.69 Å². The van der Waals surface area contributed by atoms with Gasteiger partial charge in [-0.3, -0.25) is 4.79 Å². The number of rotatable bonds is 4. The number of benzene rings is 1. The Bertz CT molecular complexity index is 347. The second-order valence-corrected chi connectivity index (χ2v) is 3.66. The first kappa shape index (κ1) is 11.6. The van der Waals surface area contributed by atoms with Crippen molar-refractivity contribution >= 4 is 11.6 Å². The molecule has 0 saturated heterocycles. The third kappa shape index (κ3) is 3.62. The van der Waals surface area contributed by atoms with Crippen LogP contribution in [-0.4, -0.2) is 19.0 Å². The van der Waals surface area contributed by atoms with Gasteiger partial charge >= 0.3 is 0 Å². The van der Waals surface area contributed by atoms with Crippen LogP contribution in [0.15, 0.2) is 18.2 Å². The monoisotopic (exact) mass is 206 g/mol. The fourth-order valence-corrected chi connectivity index (χ4v) is 1.38. The van der Waals surface area contributed by atoms with E-state index < -0.39 is 0 Å². The van der Waals surface area contributed by atoms with Gasteiger partial charge in [-0.15, -0.1) is 0 Å². The fourth-order valence-electron chi connectivity index (χ4n) is 1.38. The maximum absolute atomic E-state index is 10.6. The molecule has 3 heteroatoms. The van der Waals surface area contributed by atoms with Gasteiger partial charge in [-0.05, 0) is 31.0 Å². The first-order valence-electron chi connectivity index (χ1n) is 5.16. The summed E-state index contributed by atoms with van der Waals surface area (Å²) >= 11 is 0. The Morgan fingerprint density at radius 2 is 2.00 bits per heavy atom. The molecule has 0 aromatic heterocycles. The van der Waals surface area contributed by atoms with Gasteiger partial charge in [-0.2, -0.15) is 0 Å². The van der Waals surface area contributed by atoms with E-state index in [0.717, 1.165) is 12.2 Å². The molecule has 1 aromatic carbocycles. The standard InChI is InChI=1S/C12H18N2O/c1-9-5-4-6-12(10(9)2)14-8-7-13-11(3)15/h4-6,14H,7-8H2,1-3H3,(H,13,15). The molecule has 0 heterocycles. The summed E-state index contributed by atoms with van der Waals surface area (Å²) < 4.78 is 0. The summed E-state index contributed by atoms with van der Waals surface area (Å²) in [6.45, 7) is 7.12. The van der Waals surface area contributed by atoms with Crippen molar-refractivity contribution in [2.24, 2.45) is 0 Å². The van der Waals surface area contributed by atoms with Crippen molar-refractivity contribution in [1.82, 2.24) is 5.32 Å². The Labute approximate surface area is 90.9 Å². The summed E-state index contributed by atoms with van der Waals surface area (Å²) in [4.78, 5) is 10.6. The lowest BCUT2D eigenvalue weighted by molar-refractivity contribution is -0.118. The maximum atomic E-state index is 10.6. The molecular formula is C12H18N2O. The maximum Gasteiger partial charge on any atom is 0.216 e. The Kier molecular flexibility index (Phi) is 4.16. The minimum Gasteiger partial charge on any atom is -0.383 e. The number of anilines is 1. The summed E-state index contributed by atoms with van der Waals surface area (Å²) in [6.07, 6.45) is 0. The van der Waals surface area contributed by atoms with Crippen molar-refractivity contribution in [1.29, 1.82) is 0 Å². The number of nitrogens with one attached hydrogen (secondary N) is 2. The zero-order valence-corrected chi connectivity index (χ0v) is 9.55. The summed E-state index contributed by atoms with van der Waals surface area (Å²) in [7, 11) is 0. The molecule has 1 aromatic rings. The number of hydrogen-bond donors (Lipinski definition) is 2.